The summed E-state index contributed by atoms with van der Waals surface area (Å²) >= 11 is 14.4. The molecule has 0 unspecified atom stereocenters. The third-order valence-corrected chi connectivity index (χ3v) is 6.02. The van der Waals surface area contributed by atoms with Gasteiger partial charge in [-0.3, -0.25) is 10.1 Å². The van der Waals surface area contributed by atoms with Crippen LogP contribution in [0, 0.1) is 0 Å². The molecule has 11 heteroatoms. The van der Waals surface area contributed by atoms with E-state index in [1.807, 2.05) is 0 Å². The standard InChI is InChI=1S/C13H8Cl2N2O4S3/c1-24(19,20)10-3-2-8(21-10)12(18)17-13-16-7(5-22-13)6-4-9(14)23-11(6)15/h2-5H,1H3,(H,16,17,18). The summed E-state index contributed by atoms with van der Waals surface area (Å²) in [6.45, 7) is 0. The van der Waals surface area contributed by atoms with Gasteiger partial charge < -0.3 is 4.42 Å². The van der Waals surface area contributed by atoms with Crippen LogP contribution in [0.2, 0.25) is 8.67 Å². The Morgan fingerprint density at radius 3 is 2.67 bits per heavy atom. The smallest absolute Gasteiger partial charge is 0.293 e. The zero-order valence-corrected chi connectivity index (χ0v) is 15.8. The Balaban J connectivity index is 1.78. The number of halogens is 2. The number of nitrogens with zero attached hydrogens (tertiary/aromatic N) is 1. The van der Waals surface area contributed by atoms with Crippen molar-refractivity contribution < 1.29 is 17.6 Å². The molecule has 0 spiro atoms. The Hall–Kier alpha value is -1.39. The number of hydrogen-bond acceptors (Lipinski definition) is 7. The third kappa shape index (κ3) is 3.65. The van der Waals surface area contributed by atoms with E-state index in [-0.39, 0.29) is 10.9 Å². The van der Waals surface area contributed by atoms with E-state index in [2.05, 4.69) is 10.3 Å². The quantitative estimate of drug-likeness (QED) is 0.671. The molecule has 6 nitrogen and oxygen atoms in total. The first-order chi connectivity index (χ1) is 11.2. The van der Waals surface area contributed by atoms with E-state index in [1.165, 1.54) is 34.8 Å². The van der Waals surface area contributed by atoms with E-state index in [1.54, 1.807) is 11.4 Å². The van der Waals surface area contributed by atoms with Crippen molar-refractivity contribution in [2.24, 2.45) is 0 Å². The van der Waals surface area contributed by atoms with Crippen LogP contribution in [0.4, 0.5) is 5.13 Å². The molecule has 3 heterocycles. The molecule has 0 bridgehead atoms. The number of thiophene rings is 1. The Bertz CT molecular complexity index is 1020. The van der Waals surface area contributed by atoms with Crippen LogP contribution in [-0.2, 0) is 9.84 Å². The highest BCUT2D eigenvalue weighted by Gasteiger charge is 2.18. The number of nitrogens with one attached hydrogen (secondary N) is 1. The lowest BCUT2D eigenvalue weighted by Crippen LogP contribution is -2.10. The molecule has 0 aromatic carbocycles. The zero-order valence-electron chi connectivity index (χ0n) is 11.9. The summed E-state index contributed by atoms with van der Waals surface area (Å²) in [5.41, 5.74) is 1.26. The number of aromatic nitrogens is 1. The third-order valence-electron chi connectivity index (χ3n) is 2.83. The summed E-state index contributed by atoms with van der Waals surface area (Å²) in [5, 5.41) is 4.33. The van der Waals surface area contributed by atoms with Crippen LogP contribution in [0.5, 0.6) is 0 Å². The van der Waals surface area contributed by atoms with E-state index >= 15 is 0 Å². The maximum atomic E-state index is 12.1. The van der Waals surface area contributed by atoms with Gasteiger partial charge in [0.15, 0.2) is 10.9 Å². The number of carbonyl (C=O) groups excluding carboxylic acids is 1. The SMILES string of the molecule is CS(=O)(=O)c1ccc(C(=O)Nc2nc(-c3cc(Cl)sc3Cl)cs2)o1. The number of sulfone groups is 1. The van der Waals surface area contributed by atoms with E-state index < -0.39 is 15.7 Å². The van der Waals surface area contributed by atoms with Crippen LogP contribution in [0.25, 0.3) is 11.3 Å². The Kier molecular flexibility index (Phi) is 4.71. The monoisotopic (exact) mass is 422 g/mol. The van der Waals surface area contributed by atoms with Gasteiger partial charge in [-0.15, -0.1) is 22.7 Å². The van der Waals surface area contributed by atoms with Gasteiger partial charge in [0.05, 0.1) is 10.0 Å². The molecule has 0 atom stereocenters. The van der Waals surface area contributed by atoms with Crippen molar-refractivity contribution in [3.63, 3.8) is 0 Å². The lowest BCUT2D eigenvalue weighted by molar-refractivity contribution is 0.0991. The highest BCUT2D eigenvalue weighted by Crippen LogP contribution is 2.39. The second-order valence-corrected chi connectivity index (χ2v) is 9.71. The van der Waals surface area contributed by atoms with Crippen molar-refractivity contribution in [1.29, 1.82) is 0 Å². The van der Waals surface area contributed by atoms with Crippen LogP contribution in [-0.4, -0.2) is 25.6 Å². The molecule has 24 heavy (non-hydrogen) atoms. The number of hydrogen-bond donors (Lipinski definition) is 1. The van der Waals surface area contributed by atoms with Crippen molar-refractivity contribution in [3.8, 4) is 11.3 Å². The normalized spacial score (nSPS) is 11.6. The topological polar surface area (TPSA) is 89.3 Å². The Morgan fingerprint density at radius 1 is 1.33 bits per heavy atom. The molecule has 0 saturated carbocycles. The molecule has 1 N–H and O–H groups in total. The molecule has 126 valence electrons. The van der Waals surface area contributed by atoms with Crippen molar-refractivity contribution in [1.82, 2.24) is 4.98 Å². The van der Waals surface area contributed by atoms with Crippen LogP contribution in [0.15, 0.2) is 33.1 Å². The van der Waals surface area contributed by atoms with Crippen molar-refractivity contribution in [2.45, 2.75) is 5.09 Å². The first kappa shape index (κ1) is 17.4. The lowest BCUT2D eigenvalue weighted by atomic mass is 10.3. The van der Waals surface area contributed by atoms with E-state index in [0.717, 1.165) is 6.26 Å². The van der Waals surface area contributed by atoms with Gasteiger partial charge in [-0.05, 0) is 18.2 Å². The van der Waals surface area contributed by atoms with Crippen LogP contribution >= 0.6 is 45.9 Å². The largest absolute Gasteiger partial charge is 0.440 e. The molecule has 1 amide bonds. The van der Waals surface area contributed by atoms with Crippen molar-refractivity contribution in [3.05, 3.63) is 38.0 Å². The van der Waals surface area contributed by atoms with E-state index in [4.69, 9.17) is 27.6 Å². The number of carbonyl (C=O) groups is 1. The molecule has 3 aromatic heterocycles. The van der Waals surface area contributed by atoms with Crippen molar-refractivity contribution in [2.75, 3.05) is 11.6 Å². The Morgan fingerprint density at radius 2 is 2.08 bits per heavy atom. The van der Waals surface area contributed by atoms with Gasteiger partial charge in [0.2, 0.25) is 14.9 Å². The number of furan rings is 1. The second-order valence-electron chi connectivity index (χ2n) is 4.62. The zero-order chi connectivity index (χ0) is 17.5. The highest BCUT2D eigenvalue weighted by atomic mass is 35.5. The second kappa shape index (κ2) is 6.49. The summed E-state index contributed by atoms with van der Waals surface area (Å²) in [5.74, 6) is -0.718. The minimum absolute atomic E-state index is 0.121. The molecule has 3 aromatic rings. The average molecular weight is 423 g/mol. The molecule has 0 saturated heterocycles. The van der Waals surface area contributed by atoms with Gasteiger partial charge in [-0.1, -0.05) is 23.2 Å². The Labute approximate surface area is 155 Å². The fourth-order valence-electron chi connectivity index (χ4n) is 1.77. The van der Waals surface area contributed by atoms with Gasteiger partial charge in [0, 0.05) is 17.2 Å². The number of amides is 1. The highest BCUT2D eigenvalue weighted by molar-refractivity contribution is 7.90. The fraction of sp³-hybridized carbons (Fsp3) is 0.0769. The molecule has 0 fully saturated rings. The molecule has 0 aliphatic rings. The summed E-state index contributed by atoms with van der Waals surface area (Å²) in [4.78, 5) is 16.4. The summed E-state index contributed by atoms with van der Waals surface area (Å²) in [6, 6.07) is 4.21. The molecular formula is C13H8Cl2N2O4S3. The molecule has 0 radical (unpaired) electrons. The number of rotatable bonds is 4. The minimum Gasteiger partial charge on any atom is -0.440 e. The van der Waals surface area contributed by atoms with E-state index in [0.29, 0.717) is 25.1 Å². The molecular weight excluding hydrogens is 415 g/mol. The maximum absolute atomic E-state index is 12.1. The summed E-state index contributed by atoms with van der Waals surface area (Å²) < 4.78 is 28.8. The molecule has 0 aliphatic heterocycles. The molecule has 0 aliphatic carbocycles. The number of thiazole rings is 1. The fourth-order valence-corrected chi connectivity index (χ4v) is 4.51. The first-order valence-electron chi connectivity index (χ1n) is 6.26. The first-order valence-corrected chi connectivity index (χ1v) is 10.6. The number of anilines is 1. The maximum Gasteiger partial charge on any atom is 0.293 e. The van der Waals surface area contributed by atoms with Gasteiger partial charge >= 0.3 is 0 Å². The average Bonchev–Trinajstić information content (AvgIpc) is 3.17. The van der Waals surface area contributed by atoms with Gasteiger partial charge in [-0.25, -0.2) is 13.4 Å². The molecule has 3 rings (SSSR count). The predicted octanol–water partition coefficient (Wildman–Crippen LogP) is 4.43. The van der Waals surface area contributed by atoms with Gasteiger partial charge in [0.25, 0.3) is 5.91 Å². The predicted molar refractivity (Wildman–Crippen MR) is 95.2 cm³/mol. The van der Waals surface area contributed by atoms with Crippen molar-refractivity contribution >= 4 is 66.8 Å². The van der Waals surface area contributed by atoms with Gasteiger partial charge in [0.1, 0.15) is 4.34 Å². The van der Waals surface area contributed by atoms with Crippen LogP contribution < -0.4 is 5.32 Å². The van der Waals surface area contributed by atoms with Crippen LogP contribution in [0.3, 0.4) is 0 Å². The summed E-state index contributed by atoms with van der Waals surface area (Å²) in [7, 11) is -3.51. The lowest BCUT2D eigenvalue weighted by Gasteiger charge is -1.98. The summed E-state index contributed by atoms with van der Waals surface area (Å²) in [6.07, 6.45) is 0.996. The minimum atomic E-state index is -3.51. The van der Waals surface area contributed by atoms with Crippen LogP contribution in [0.1, 0.15) is 10.6 Å². The van der Waals surface area contributed by atoms with E-state index in [9.17, 15) is 13.2 Å². The van der Waals surface area contributed by atoms with Gasteiger partial charge in [-0.2, -0.15) is 0 Å².